The summed E-state index contributed by atoms with van der Waals surface area (Å²) >= 11 is 0. The van der Waals surface area contributed by atoms with E-state index in [-0.39, 0.29) is 6.54 Å². The molecule has 3 rings (SSSR count). The van der Waals surface area contributed by atoms with E-state index in [4.69, 9.17) is 9.15 Å². The summed E-state index contributed by atoms with van der Waals surface area (Å²) < 4.78 is 10.1. The molecule has 5 atom stereocenters. The molecule has 1 aliphatic rings. The number of ether oxygens (including phenoxy) is 1. The molecule has 1 aromatic carbocycles. The van der Waals surface area contributed by atoms with Crippen molar-refractivity contribution in [3.05, 3.63) is 40.8 Å². The van der Waals surface area contributed by atoms with E-state index in [1.807, 2.05) is 0 Å². The Balaban J connectivity index is 1.71. The zero-order valence-electron chi connectivity index (χ0n) is 12.0. The van der Waals surface area contributed by atoms with Gasteiger partial charge >= 0.3 is 5.63 Å². The van der Waals surface area contributed by atoms with Crippen LogP contribution < -0.4 is 10.9 Å². The van der Waals surface area contributed by atoms with Crippen LogP contribution in [0.4, 0.5) is 5.69 Å². The maximum atomic E-state index is 11.2. The summed E-state index contributed by atoms with van der Waals surface area (Å²) in [5, 5.41) is 42.1. The molecule has 0 saturated carbocycles. The lowest BCUT2D eigenvalue weighted by atomic mass is 9.99. The van der Waals surface area contributed by atoms with Crippen molar-refractivity contribution in [2.75, 3.05) is 11.9 Å². The quantitative estimate of drug-likeness (QED) is 0.455. The van der Waals surface area contributed by atoms with Crippen LogP contribution in [-0.2, 0) is 4.74 Å². The van der Waals surface area contributed by atoms with Crippen molar-refractivity contribution in [3.63, 3.8) is 0 Å². The number of rotatable bonds is 3. The molecule has 2 heterocycles. The molecule has 1 aliphatic heterocycles. The maximum Gasteiger partial charge on any atom is 0.336 e. The van der Waals surface area contributed by atoms with Gasteiger partial charge in [-0.25, -0.2) is 4.79 Å². The molecule has 2 unspecified atom stereocenters. The van der Waals surface area contributed by atoms with Crippen molar-refractivity contribution in [2.24, 2.45) is 0 Å². The minimum absolute atomic E-state index is 0.0740. The van der Waals surface area contributed by atoms with E-state index in [1.165, 1.54) is 6.07 Å². The Morgan fingerprint density at radius 1 is 1.00 bits per heavy atom. The van der Waals surface area contributed by atoms with E-state index in [0.29, 0.717) is 11.3 Å². The van der Waals surface area contributed by atoms with Crippen LogP contribution >= 0.6 is 0 Å². The minimum atomic E-state index is -1.57. The second-order valence-corrected chi connectivity index (χ2v) is 5.42. The van der Waals surface area contributed by atoms with Gasteiger partial charge in [-0.3, -0.25) is 0 Å². The van der Waals surface area contributed by atoms with Gasteiger partial charge in [0.25, 0.3) is 0 Å². The fourth-order valence-corrected chi connectivity index (χ4v) is 2.49. The van der Waals surface area contributed by atoms with Gasteiger partial charge < -0.3 is 34.9 Å². The SMILES string of the molecule is O=c1ccc2ccc(NCC3O[C@@H](O)[C@H](O)C(O)[C@@H]3O)cc2o1. The molecule has 0 spiro atoms. The second-order valence-electron chi connectivity index (χ2n) is 5.42. The van der Waals surface area contributed by atoms with Gasteiger partial charge in [-0.15, -0.1) is 0 Å². The van der Waals surface area contributed by atoms with Gasteiger partial charge in [0.2, 0.25) is 0 Å². The monoisotopic (exact) mass is 323 g/mol. The molecule has 8 nitrogen and oxygen atoms in total. The fraction of sp³-hybridized carbons (Fsp3) is 0.400. The molecular weight excluding hydrogens is 306 g/mol. The van der Waals surface area contributed by atoms with E-state index in [1.54, 1.807) is 24.3 Å². The Morgan fingerprint density at radius 2 is 1.74 bits per heavy atom. The number of fused-ring (bicyclic) bond motifs is 1. The number of nitrogens with one attached hydrogen (secondary N) is 1. The highest BCUT2D eigenvalue weighted by Gasteiger charge is 2.42. The standard InChI is InChI=1S/C15H17NO7/c17-11-4-2-7-1-3-8(5-9(7)22-11)16-6-10-12(18)13(19)14(20)15(21)23-10/h1-5,10,12-16,18-21H,6H2/t10?,12-,13?,14-,15-/m1/s1. The summed E-state index contributed by atoms with van der Waals surface area (Å²) in [6.45, 7) is 0.0740. The number of benzene rings is 1. The van der Waals surface area contributed by atoms with Crippen LogP contribution in [0.3, 0.4) is 0 Å². The van der Waals surface area contributed by atoms with E-state index in [2.05, 4.69) is 5.32 Å². The van der Waals surface area contributed by atoms with Crippen LogP contribution in [0.15, 0.2) is 39.5 Å². The van der Waals surface area contributed by atoms with E-state index in [9.17, 15) is 25.2 Å². The van der Waals surface area contributed by atoms with E-state index < -0.39 is 36.3 Å². The molecule has 1 saturated heterocycles. The van der Waals surface area contributed by atoms with Crippen LogP contribution in [0.5, 0.6) is 0 Å². The molecule has 0 amide bonds. The molecule has 2 aromatic rings. The van der Waals surface area contributed by atoms with Crippen LogP contribution in [0.25, 0.3) is 11.0 Å². The predicted molar refractivity (Wildman–Crippen MR) is 79.9 cm³/mol. The lowest BCUT2D eigenvalue weighted by Gasteiger charge is -2.38. The molecular formula is C15H17NO7. The molecule has 23 heavy (non-hydrogen) atoms. The minimum Gasteiger partial charge on any atom is -0.423 e. The maximum absolute atomic E-state index is 11.2. The van der Waals surface area contributed by atoms with Crippen molar-refractivity contribution in [1.82, 2.24) is 0 Å². The molecule has 1 aromatic heterocycles. The molecule has 0 bridgehead atoms. The highest BCUT2D eigenvalue weighted by molar-refractivity contribution is 5.80. The first kappa shape index (κ1) is 15.9. The zero-order chi connectivity index (χ0) is 16.6. The average Bonchev–Trinajstić information content (AvgIpc) is 2.54. The third kappa shape index (κ3) is 3.21. The van der Waals surface area contributed by atoms with Gasteiger partial charge in [0.1, 0.15) is 30.0 Å². The number of hydrogen-bond acceptors (Lipinski definition) is 8. The third-order valence-corrected chi connectivity index (χ3v) is 3.82. The van der Waals surface area contributed by atoms with Gasteiger partial charge in [0, 0.05) is 29.8 Å². The van der Waals surface area contributed by atoms with Crippen LogP contribution in [-0.4, -0.2) is 57.7 Å². The van der Waals surface area contributed by atoms with E-state index >= 15 is 0 Å². The molecule has 0 radical (unpaired) electrons. The van der Waals surface area contributed by atoms with Crippen molar-refractivity contribution in [3.8, 4) is 0 Å². The van der Waals surface area contributed by atoms with Gasteiger partial charge in [0.05, 0.1) is 0 Å². The van der Waals surface area contributed by atoms with Crippen LogP contribution in [0.2, 0.25) is 0 Å². The summed E-state index contributed by atoms with van der Waals surface area (Å²) in [4.78, 5) is 11.2. The number of aliphatic hydroxyl groups excluding tert-OH is 4. The Bertz CT molecular complexity index is 746. The molecule has 5 N–H and O–H groups in total. The van der Waals surface area contributed by atoms with Crippen LogP contribution in [0, 0.1) is 0 Å². The van der Waals surface area contributed by atoms with Gasteiger partial charge in [-0.1, -0.05) is 0 Å². The summed E-state index contributed by atoms with van der Waals surface area (Å²) in [5.74, 6) is 0. The first-order valence-electron chi connectivity index (χ1n) is 7.11. The molecule has 8 heteroatoms. The smallest absolute Gasteiger partial charge is 0.336 e. The third-order valence-electron chi connectivity index (χ3n) is 3.82. The average molecular weight is 323 g/mol. The normalized spacial score (nSPS) is 31.2. The molecule has 0 aliphatic carbocycles. The van der Waals surface area contributed by atoms with Gasteiger partial charge in [-0.05, 0) is 18.2 Å². The van der Waals surface area contributed by atoms with Crippen molar-refractivity contribution in [1.29, 1.82) is 0 Å². The van der Waals surface area contributed by atoms with Gasteiger partial charge in [-0.2, -0.15) is 0 Å². The number of aliphatic hydroxyl groups is 4. The Morgan fingerprint density at radius 3 is 2.52 bits per heavy atom. The topological polar surface area (TPSA) is 132 Å². The van der Waals surface area contributed by atoms with Crippen LogP contribution in [0.1, 0.15) is 0 Å². The summed E-state index contributed by atoms with van der Waals surface area (Å²) in [6, 6.07) is 8.10. The van der Waals surface area contributed by atoms with Crippen molar-refractivity contribution < 1.29 is 29.6 Å². The summed E-state index contributed by atoms with van der Waals surface area (Å²) in [7, 11) is 0. The van der Waals surface area contributed by atoms with Crippen molar-refractivity contribution >= 4 is 16.7 Å². The fourth-order valence-electron chi connectivity index (χ4n) is 2.49. The Labute approximate surface area is 130 Å². The molecule has 1 fully saturated rings. The number of hydrogen-bond donors (Lipinski definition) is 5. The summed E-state index contributed by atoms with van der Waals surface area (Å²) in [5.41, 5.74) is 0.557. The summed E-state index contributed by atoms with van der Waals surface area (Å²) in [6.07, 6.45) is -6.90. The zero-order valence-corrected chi connectivity index (χ0v) is 12.0. The van der Waals surface area contributed by atoms with E-state index in [0.717, 1.165) is 5.39 Å². The molecule has 124 valence electrons. The highest BCUT2D eigenvalue weighted by Crippen LogP contribution is 2.22. The first-order chi connectivity index (χ1) is 11.0. The number of anilines is 1. The Hall–Kier alpha value is -1.97. The lowest BCUT2D eigenvalue weighted by molar-refractivity contribution is -0.278. The Kier molecular flexibility index (Phi) is 4.33. The van der Waals surface area contributed by atoms with Gasteiger partial charge in [0.15, 0.2) is 6.29 Å². The highest BCUT2D eigenvalue weighted by atomic mass is 16.6. The predicted octanol–water partition coefficient (Wildman–Crippen LogP) is -0.995. The van der Waals surface area contributed by atoms with Crippen molar-refractivity contribution in [2.45, 2.75) is 30.7 Å². The lowest BCUT2D eigenvalue weighted by Crippen LogP contribution is -2.59. The first-order valence-corrected chi connectivity index (χ1v) is 7.11. The second kappa shape index (κ2) is 6.26. The largest absolute Gasteiger partial charge is 0.423 e.